The fourth-order valence-corrected chi connectivity index (χ4v) is 1.62. The highest BCUT2D eigenvalue weighted by atomic mass is 79.9. The van der Waals surface area contributed by atoms with E-state index in [9.17, 15) is 0 Å². The molecule has 0 aliphatic heterocycles. The quantitative estimate of drug-likeness (QED) is 0.774. The third-order valence-electron chi connectivity index (χ3n) is 2.13. The SMILES string of the molecule is C=Cc1cnc2ccc(Br)c(C)c2n1. The molecule has 0 N–H and O–H groups in total. The summed E-state index contributed by atoms with van der Waals surface area (Å²) in [5, 5.41) is 0. The summed E-state index contributed by atoms with van der Waals surface area (Å²) in [6, 6.07) is 3.94. The van der Waals surface area contributed by atoms with Crippen molar-refractivity contribution >= 4 is 33.0 Å². The predicted molar refractivity (Wildman–Crippen MR) is 62.1 cm³/mol. The normalized spacial score (nSPS) is 10.4. The fraction of sp³-hybridized carbons (Fsp3) is 0.0909. The fourth-order valence-electron chi connectivity index (χ4n) is 1.30. The van der Waals surface area contributed by atoms with Crippen LogP contribution in [-0.4, -0.2) is 9.97 Å². The van der Waals surface area contributed by atoms with Crippen molar-refractivity contribution in [2.45, 2.75) is 6.92 Å². The molecule has 14 heavy (non-hydrogen) atoms. The van der Waals surface area contributed by atoms with Crippen LogP contribution in [0.4, 0.5) is 0 Å². The summed E-state index contributed by atoms with van der Waals surface area (Å²) in [6.45, 7) is 5.70. The molecule has 0 fully saturated rings. The van der Waals surface area contributed by atoms with Gasteiger partial charge < -0.3 is 0 Å². The van der Waals surface area contributed by atoms with Gasteiger partial charge in [-0.15, -0.1) is 0 Å². The van der Waals surface area contributed by atoms with E-state index >= 15 is 0 Å². The lowest BCUT2D eigenvalue weighted by atomic mass is 10.2. The summed E-state index contributed by atoms with van der Waals surface area (Å²) >= 11 is 3.47. The van der Waals surface area contributed by atoms with Crippen LogP contribution in [0.1, 0.15) is 11.3 Å². The second-order valence-electron chi connectivity index (χ2n) is 3.04. The molecule has 0 radical (unpaired) electrons. The van der Waals surface area contributed by atoms with Gasteiger partial charge in [0, 0.05) is 4.47 Å². The summed E-state index contributed by atoms with van der Waals surface area (Å²) < 4.78 is 1.06. The van der Waals surface area contributed by atoms with Crippen molar-refractivity contribution in [3.8, 4) is 0 Å². The molecule has 0 aliphatic rings. The van der Waals surface area contributed by atoms with Crippen LogP contribution in [0.5, 0.6) is 0 Å². The van der Waals surface area contributed by atoms with Gasteiger partial charge in [0.2, 0.25) is 0 Å². The molecule has 0 spiro atoms. The van der Waals surface area contributed by atoms with Crippen LogP contribution in [0.2, 0.25) is 0 Å². The lowest BCUT2D eigenvalue weighted by Crippen LogP contribution is -1.90. The number of rotatable bonds is 1. The topological polar surface area (TPSA) is 25.8 Å². The van der Waals surface area contributed by atoms with Crippen molar-refractivity contribution < 1.29 is 0 Å². The Morgan fingerprint density at radius 2 is 2.21 bits per heavy atom. The number of hydrogen-bond acceptors (Lipinski definition) is 2. The van der Waals surface area contributed by atoms with E-state index in [1.165, 1.54) is 0 Å². The summed E-state index contributed by atoms with van der Waals surface area (Å²) in [6.07, 6.45) is 3.43. The second-order valence-corrected chi connectivity index (χ2v) is 3.89. The Kier molecular flexibility index (Phi) is 2.33. The largest absolute Gasteiger partial charge is 0.252 e. The van der Waals surface area contributed by atoms with Crippen LogP contribution < -0.4 is 0 Å². The average molecular weight is 249 g/mol. The molecule has 2 aromatic rings. The van der Waals surface area contributed by atoms with Crippen LogP contribution >= 0.6 is 15.9 Å². The van der Waals surface area contributed by atoms with Crippen molar-refractivity contribution in [3.63, 3.8) is 0 Å². The highest BCUT2D eigenvalue weighted by Crippen LogP contribution is 2.23. The molecule has 1 aromatic carbocycles. The first-order valence-corrected chi connectivity index (χ1v) is 5.06. The summed E-state index contributed by atoms with van der Waals surface area (Å²) in [7, 11) is 0. The van der Waals surface area contributed by atoms with Crippen molar-refractivity contribution in [3.05, 3.63) is 40.6 Å². The Morgan fingerprint density at radius 3 is 2.93 bits per heavy atom. The molecule has 0 atom stereocenters. The molecular weight excluding hydrogens is 240 g/mol. The third-order valence-corrected chi connectivity index (χ3v) is 2.99. The van der Waals surface area contributed by atoms with Crippen LogP contribution in [0.3, 0.4) is 0 Å². The smallest absolute Gasteiger partial charge is 0.0934 e. The van der Waals surface area contributed by atoms with E-state index in [0.29, 0.717) is 0 Å². The predicted octanol–water partition coefficient (Wildman–Crippen LogP) is 3.34. The number of halogens is 1. The number of aromatic nitrogens is 2. The van der Waals surface area contributed by atoms with Crippen LogP contribution in [0, 0.1) is 6.92 Å². The minimum atomic E-state index is 0.804. The van der Waals surface area contributed by atoms with E-state index in [4.69, 9.17) is 0 Å². The zero-order chi connectivity index (χ0) is 10.1. The molecular formula is C11H9BrN2. The van der Waals surface area contributed by atoms with E-state index in [1.54, 1.807) is 12.3 Å². The van der Waals surface area contributed by atoms with Gasteiger partial charge in [-0.05, 0) is 30.7 Å². The molecule has 0 saturated heterocycles. The van der Waals surface area contributed by atoms with Gasteiger partial charge in [0.05, 0.1) is 22.9 Å². The number of fused-ring (bicyclic) bond motifs is 1. The molecule has 0 bridgehead atoms. The maximum atomic E-state index is 4.44. The summed E-state index contributed by atoms with van der Waals surface area (Å²) in [5.74, 6) is 0. The number of nitrogens with zero attached hydrogens (tertiary/aromatic N) is 2. The molecule has 1 heterocycles. The van der Waals surface area contributed by atoms with E-state index in [1.807, 2.05) is 19.1 Å². The van der Waals surface area contributed by atoms with Crippen LogP contribution in [0.15, 0.2) is 29.4 Å². The van der Waals surface area contributed by atoms with Crippen molar-refractivity contribution in [2.75, 3.05) is 0 Å². The number of benzene rings is 1. The Hall–Kier alpha value is -1.22. The van der Waals surface area contributed by atoms with Gasteiger partial charge >= 0.3 is 0 Å². The van der Waals surface area contributed by atoms with Gasteiger partial charge in [0.1, 0.15) is 0 Å². The Balaban J connectivity index is 2.84. The van der Waals surface area contributed by atoms with Gasteiger partial charge in [-0.1, -0.05) is 22.5 Å². The molecule has 0 amide bonds. The lowest BCUT2D eigenvalue weighted by Gasteiger charge is -2.03. The molecule has 0 saturated carbocycles. The van der Waals surface area contributed by atoms with Crippen LogP contribution in [-0.2, 0) is 0 Å². The highest BCUT2D eigenvalue weighted by Gasteiger charge is 2.03. The Bertz CT molecular complexity index is 506. The standard InChI is InChI=1S/C11H9BrN2/c1-3-8-6-13-10-5-4-9(12)7(2)11(10)14-8/h3-6H,1H2,2H3. The molecule has 3 heteroatoms. The van der Waals surface area contributed by atoms with Gasteiger partial charge in [0.25, 0.3) is 0 Å². The minimum Gasteiger partial charge on any atom is -0.252 e. The lowest BCUT2D eigenvalue weighted by molar-refractivity contribution is 1.24. The van der Waals surface area contributed by atoms with Gasteiger partial charge in [0.15, 0.2) is 0 Å². The Labute approximate surface area is 90.8 Å². The Morgan fingerprint density at radius 1 is 1.43 bits per heavy atom. The third kappa shape index (κ3) is 1.44. The maximum absolute atomic E-state index is 4.44. The minimum absolute atomic E-state index is 0.804. The van der Waals surface area contributed by atoms with Gasteiger partial charge in [-0.2, -0.15) is 0 Å². The first-order valence-electron chi connectivity index (χ1n) is 4.26. The van der Waals surface area contributed by atoms with E-state index in [2.05, 4.69) is 32.5 Å². The van der Waals surface area contributed by atoms with E-state index < -0.39 is 0 Å². The average Bonchev–Trinajstić information content (AvgIpc) is 2.23. The molecule has 70 valence electrons. The first-order chi connectivity index (χ1) is 6.72. The molecule has 2 rings (SSSR count). The molecule has 1 aromatic heterocycles. The van der Waals surface area contributed by atoms with Crippen molar-refractivity contribution in [1.29, 1.82) is 0 Å². The molecule has 0 unspecified atom stereocenters. The van der Waals surface area contributed by atoms with Crippen molar-refractivity contribution in [1.82, 2.24) is 9.97 Å². The van der Waals surface area contributed by atoms with Crippen molar-refractivity contribution in [2.24, 2.45) is 0 Å². The summed E-state index contributed by atoms with van der Waals surface area (Å²) in [5.41, 5.74) is 3.76. The van der Waals surface area contributed by atoms with Gasteiger partial charge in [-0.3, -0.25) is 4.98 Å². The zero-order valence-electron chi connectivity index (χ0n) is 7.79. The zero-order valence-corrected chi connectivity index (χ0v) is 9.37. The number of aryl methyl sites for hydroxylation is 1. The summed E-state index contributed by atoms with van der Waals surface area (Å²) in [4.78, 5) is 8.74. The maximum Gasteiger partial charge on any atom is 0.0934 e. The highest BCUT2D eigenvalue weighted by molar-refractivity contribution is 9.10. The number of hydrogen-bond donors (Lipinski definition) is 0. The van der Waals surface area contributed by atoms with Gasteiger partial charge in [-0.25, -0.2) is 4.98 Å². The first kappa shape index (κ1) is 9.34. The molecule has 2 nitrogen and oxygen atoms in total. The van der Waals surface area contributed by atoms with Crippen LogP contribution in [0.25, 0.3) is 17.1 Å². The van der Waals surface area contributed by atoms with E-state index in [-0.39, 0.29) is 0 Å². The molecule has 0 aliphatic carbocycles. The second kappa shape index (κ2) is 3.50. The monoisotopic (exact) mass is 248 g/mol. The van der Waals surface area contributed by atoms with E-state index in [0.717, 1.165) is 26.8 Å².